The predicted molar refractivity (Wildman–Crippen MR) is 75.7 cm³/mol. The third kappa shape index (κ3) is 2.95. The van der Waals surface area contributed by atoms with Gasteiger partial charge in [-0.05, 0) is 32.1 Å². The van der Waals surface area contributed by atoms with Crippen molar-refractivity contribution in [3.05, 3.63) is 11.7 Å². The van der Waals surface area contributed by atoms with Crippen molar-refractivity contribution in [3.63, 3.8) is 0 Å². The molecule has 1 aliphatic carbocycles. The summed E-state index contributed by atoms with van der Waals surface area (Å²) in [4.78, 5) is 18.6. The molecule has 6 heteroatoms. The molecule has 2 fully saturated rings. The quantitative estimate of drug-likeness (QED) is 0.826. The first-order valence-electron chi connectivity index (χ1n) is 7.73. The second-order valence-electron chi connectivity index (χ2n) is 6.26. The fourth-order valence-electron chi connectivity index (χ4n) is 3.14. The zero-order chi connectivity index (χ0) is 14.9. The summed E-state index contributed by atoms with van der Waals surface area (Å²) in [7, 11) is 1.71. The van der Waals surface area contributed by atoms with Crippen molar-refractivity contribution in [2.24, 2.45) is 5.92 Å². The van der Waals surface area contributed by atoms with Crippen LogP contribution in [-0.4, -0.2) is 47.8 Å². The molecule has 0 N–H and O–H groups in total. The summed E-state index contributed by atoms with van der Waals surface area (Å²) >= 11 is 0. The van der Waals surface area contributed by atoms with Crippen LogP contribution in [0.2, 0.25) is 0 Å². The number of carbonyl (C=O) groups is 1. The second-order valence-corrected chi connectivity index (χ2v) is 6.26. The van der Waals surface area contributed by atoms with Gasteiger partial charge in [-0.3, -0.25) is 4.79 Å². The van der Waals surface area contributed by atoms with E-state index in [0.717, 1.165) is 51.0 Å². The Labute approximate surface area is 124 Å². The Bertz CT molecular complexity index is 502. The fourth-order valence-corrected chi connectivity index (χ4v) is 3.14. The van der Waals surface area contributed by atoms with Crippen molar-refractivity contribution in [1.29, 1.82) is 0 Å². The predicted octanol–water partition coefficient (Wildman–Crippen LogP) is 1.68. The number of aromatic nitrogens is 2. The molecule has 0 spiro atoms. The Morgan fingerprint density at radius 1 is 1.43 bits per heavy atom. The number of aryl methyl sites for hydroxylation is 1. The summed E-state index contributed by atoms with van der Waals surface area (Å²) in [5.74, 6) is 2.00. The van der Waals surface area contributed by atoms with Crippen LogP contribution >= 0.6 is 0 Å². The highest BCUT2D eigenvalue weighted by molar-refractivity contribution is 5.81. The van der Waals surface area contributed by atoms with E-state index in [1.54, 1.807) is 7.11 Å². The minimum absolute atomic E-state index is 0.117. The molecule has 1 saturated heterocycles. The monoisotopic (exact) mass is 293 g/mol. The molecule has 116 valence electrons. The molecule has 1 aliphatic heterocycles. The van der Waals surface area contributed by atoms with Crippen LogP contribution in [0, 0.1) is 12.8 Å². The van der Waals surface area contributed by atoms with Gasteiger partial charge in [-0.25, -0.2) is 0 Å². The molecule has 0 atom stereocenters. The maximum absolute atomic E-state index is 12.2. The van der Waals surface area contributed by atoms with E-state index >= 15 is 0 Å². The van der Waals surface area contributed by atoms with Crippen LogP contribution in [0.4, 0.5) is 0 Å². The molecule has 21 heavy (non-hydrogen) atoms. The van der Waals surface area contributed by atoms with Gasteiger partial charge in [-0.1, -0.05) is 5.16 Å². The molecule has 2 heterocycles. The van der Waals surface area contributed by atoms with Crippen LogP contribution in [0.3, 0.4) is 0 Å². The molecule has 0 bridgehead atoms. The first-order chi connectivity index (χ1) is 10.1. The zero-order valence-electron chi connectivity index (χ0n) is 12.8. The lowest BCUT2D eigenvalue weighted by atomic mass is 9.75. The number of ether oxygens (including phenoxy) is 1. The number of likely N-dealkylation sites (tertiary alicyclic amines) is 1. The third-order valence-corrected chi connectivity index (χ3v) is 4.75. The molecule has 0 aromatic carbocycles. The largest absolute Gasteiger partial charge is 0.385 e. The smallest absolute Gasteiger partial charge is 0.225 e. The van der Waals surface area contributed by atoms with Crippen molar-refractivity contribution in [1.82, 2.24) is 15.0 Å². The van der Waals surface area contributed by atoms with E-state index in [-0.39, 0.29) is 5.41 Å². The van der Waals surface area contributed by atoms with Crippen LogP contribution < -0.4 is 0 Å². The third-order valence-electron chi connectivity index (χ3n) is 4.75. The Kier molecular flexibility index (Phi) is 3.97. The average molecular weight is 293 g/mol. The van der Waals surface area contributed by atoms with Crippen molar-refractivity contribution in [2.45, 2.75) is 44.4 Å². The number of hydrogen-bond donors (Lipinski definition) is 0. The molecular formula is C15H23N3O3. The number of hydrogen-bond acceptors (Lipinski definition) is 5. The highest BCUT2D eigenvalue weighted by Crippen LogP contribution is 2.39. The summed E-state index contributed by atoms with van der Waals surface area (Å²) in [6.07, 6.45) is 4.76. The van der Waals surface area contributed by atoms with Gasteiger partial charge < -0.3 is 14.2 Å². The normalized spacial score (nSPS) is 21.5. The van der Waals surface area contributed by atoms with E-state index in [1.165, 1.54) is 0 Å². The Morgan fingerprint density at radius 3 is 2.67 bits per heavy atom. The summed E-state index contributed by atoms with van der Waals surface area (Å²) in [6.45, 7) is 4.05. The van der Waals surface area contributed by atoms with E-state index in [0.29, 0.717) is 24.3 Å². The topological polar surface area (TPSA) is 68.5 Å². The molecule has 0 radical (unpaired) electrons. The molecule has 2 aliphatic rings. The number of amides is 1. The molecular weight excluding hydrogens is 270 g/mol. The van der Waals surface area contributed by atoms with Gasteiger partial charge in [0.1, 0.15) is 0 Å². The van der Waals surface area contributed by atoms with Crippen LogP contribution in [0.25, 0.3) is 0 Å². The second kappa shape index (κ2) is 5.75. The number of methoxy groups -OCH3 is 1. The molecule has 1 saturated carbocycles. The molecule has 1 aromatic heterocycles. The summed E-state index contributed by atoms with van der Waals surface area (Å²) in [5.41, 5.74) is -0.117. The van der Waals surface area contributed by atoms with Gasteiger partial charge in [0, 0.05) is 45.1 Å². The van der Waals surface area contributed by atoms with Gasteiger partial charge in [-0.15, -0.1) is 0 Å². The molecule has 3 rings (SSSR count). The van der Waals surface area contributed by atoms with Gasteiger partial charge in [0.05, 0.1) is 0 Å². The van der Waals surface area contributed by atoms with Gasteiger partial charge in [0.2, 0.25) is 11.8 Å². The van der Waals surface area contributed by atoms with E-state index in [2.05, 4.69) is 10.1 Å². The van der Waals surface area contributed by atoms with Gasteiger partial charge in [0.25, 0.3) is 0 Å². The van der Waals surface area contributed by atoms with Gasteiger partial charge >= 0.3 is 0 Å². The standard InChI is InChI=1S/C15H23N3O3/c1-11-16-14(17-21-11)15(7-10-20-2)5-8-18(9-6-15)13(19)12-3-4-12/h12H,3-10H2,1-2H3. The van der Waals surface area contributed by atoms with Crippen LogP contribution in [0.1, 0.15) is 43.8 Å². The van der Waals surface area contributed by atoms with Crippen LogP contribution in [-0.2, 0) is 14.9 Å². The maximum Gasteiger partial charge on any atom is 0.225 e. The molecule has 1 amide bonds. The highest BCUT2D eigenvalue weighted by Gasteiger charge is 2.43. The summed E-state index contributed by atoms with van der Waals surface area (Å²) in [6, 6.07) is 0. The molecule has 0 unspecified atom stereocenters. The fraction of sp³-hybridized carbons (Fsp3) is 0.800. The van der Waals surface area contributed by atoms with Crippen molar-refractivity contribution >= 4 is 5.91 Å². The van der Waals surface area contributed by atoms with Crippen molar-refractivity contribution in [3.8, 4) is 0 Å². The summed E-state index contributed by atoms with van der Waals surface area (Å²) < 4.78 is 10.4. The number of rotatable bonds is 5. The van der Waals surface area contributed by atoms with E-state index < -0.39 is 0 Å². The number of nitrogens with zero attached hydrogens (tertiary/aromatic N) is 3. The Balaban J connectivity index is 1.71. The first-order valence-corrected chi connectivity index (χ1v) is 7.73. The van der Waals surface area contributed by atoms with Gasteiger partial charge in [-0.2, -0.15) is 4.98 Å². The Morgan fingerprint density at radius 2 is 2.14 bits per heavy atom. The minimum Gasteiger partial charge on any atom is -0.385 e. The van der Waals surface area contributed by atoms with Crippen molar-refractivity contribution < 1.29 is 14.1 Å². The first kappa shape index (κ1) is 14.5. The SMILES string of the molecule is COCCC1(c2noc(C)n2)CCN(C(=O)C2CC2)CC1. The Hall–Kier alpha value is -1.43. The average Bonchev–Trinajstić information content (AvgIpc) is 3.26. The van der Waals surface area contributed by atoms with Crippen LogP contribution in [0.5, 0.6) is 0 Å². The van der Waals surface area contributed by atoms with Gasteiger partial charge in [0.15, 0.2) is 5.82 Å². The lowest BCUT2D eigenvalue weighted by molar-refractivity contribution is -0.134. The van der Waals surface area contributed by atoms with Crippen LogP contribution in [0.15, 0.2) is 4.52 Å². The number of piperidine rings is 1. The van der Waals surface area contributed by atoms with Crippen molar-refractivity contribution in [2.75, 3.05) is 26.8 Å². The van der Waals surface area contributed by atoms with E-state index in [1.807, 2.05) is 11.8 Å². The molecule has 6 nitrogen and oxygen atoms in total. The summed E-state index contributed by atoms with van der Waals surface area (Å²) in [5, 5.41) is 4.14. The lowest BCUT2D eigenvalue weighted by Gasteiger charge is -2.40. The van der Waals surface area contributed by atoms with E-state index in [4.69, 9.17) is 9.26 Å². The van der Waals surface area contributed by atoms with E-state index in [9.17, 15) is 4.79 Å². The number of carbonyl (C=O) groups excluding carboxylic acids is 1. The highest BCUT2D eigenvalue weighted by atomic mass is 16.5. The lowest BCUT2D eigenvalue weighted by Crippen LogP contribution is -2.46. The minimum atomic E-state index is -0.117. The molecule has 1 aromatic rings. The maximum atomic E-state index is 12.2. The zero-order valence-corrected chi connectivity index (χ0v) is 12.8.